The third kappa shape index (κ3) is 8.56. The van der Waals surface area contributed by atoms with E-state index in [1.165, 1.54) is 51.3 Å². The Morgan fingerprint density at radius 2 is 1.95 bits per heavy atom. The predicted molar refractivity (Wildman–Crippen MR) is 146 cm³/mol. The first-order chi connectivity index (χ1) is 18.2. The molecule has 1 aromatic carbocycles. The lowest BCUT2D eigenvalue weighted by Gasteiger charge is -2.43. The van der Waals surface area contributed by atoms with Crippen molar-refractivity contribution in [2.24, 2.45) is 11.8 Å². The second-order valence-corrected chi connectivity index (χ2v) is 11.2. The van der Waals surface area contributed by atoms with E-state index in [9.17, 15) is 19.1 Å². The van der Waals surface area contributed by atoms with Gasteiger partial charge in [-0.05, 0) is 75.3 Å². The summed E-state index contributed by atoms with van der Waals surface area (Å²) in [6.45, 7) is 3.87. The number of ether oxygens (including phenoxy) is 1. The summed E-state index contributed by atoms with van der Waals surface area (Å²) >= 11 is 0. The van der Waals surface area contributed by atoms with Crippen molar-refractivity contribution in [1.82, 2.24) is 20.9 Å². The van der Waals surface area contributed by atoms with E-state index in [1.54, 1.807) is 6.92 Å². The van der Waals surface area contributed by atoms with Crippen LogP contribution in [0.3, 0.4) is 0 Å². The van der Waals surface area contributed by atoms with Crippen molar-refractivity contribution in [3.05, 3.63) is 35.1 Å². The number of methoxy groups -OCH3 is 1. The highest BCUT2D eigenvalue weighted by Gasteiger charge is 2.41. The number of hydrogen-bond donors (Lipinski definition) is 4. The second-order valence-electron chi connectivity index (χ2n) is 11.2. The van der Waals surface area contributed by atoms with Crippen LogP contribution in [0.5, 0.6) is 0 Å². The van der Waals surface area contributed by atoms with Crippen LogP contribution in [-0.2, 0) is 10.3 Å². The molecule has 9 heteroatoms. The molecule has 1 heterocycles. The number of benzene rings is 1. The van der Waals surface area contributed by atoms with Crippen LogP contribution in [0, 0.1) is 24.6 Å². The van der Waals surface area contributed by atoms with Crippen molar-refractivity contribution in [2.45, 2.75) is 82.8 Å². The highest BCUT2D eigenvalue weighted by atomic mass is 19.1. The Balaban J connectivity index is 1.71. The van der Waals surface area contributed by atoms with Crippen LogP contribution in [0.25, 0.3) is 0 Å². The topological polar surface area (TPSA) is 103 Å². The predicted octanol–water partition coefficient (Wildman–Crippen LogP) is 4.44. The maximum atomic E-state index is 14.4. The second kappa shape index (κ2) is 14.7. The molecule has 1 saturated carbocycles. The number of nitrogens with zero attached hydrogens (tertiary/aromatic N) is 1. The number of aryl methyl sites for hydroxylation is 1. The zero-order valence-corrected chi connectivity index (χ0v) is 23.4. The molecule has 4 N–H and O–H groups in total. The summed E-state index contributed by atoms with van der Waals surface area (Å²) in [5.41, 5.74) is -0.0874. The summed E-state index contributed by atoms with van der Waals surface area (Å²) in [6, 6.07) is 4.62. The smallest absolute Gasteiger partial charge is 0.406 e. The Morgan fingerprint density at radius 3 is 2.63 bits per heavy atom. The lowest BCUT2D eigenvalue weighted by Crippen LogP contribution is -2.54. The average molecular weight is 535 g/mol. The molecule has 3 atom stereocenters. The number of hydrogen-bond acceptors (Lipinski definition) is 5. The summed E-state index contributed by atoms with van der Waals surface area (Å²) in [7, 11) is 3.21. The van der Waals surface area contributed by atoms with Gasteiger partial charge in [-0.15, -0.1) is 0 Å². The van der Waals surface area contributed by atoms with Crippen LogP contribution in [-0.4, -0.2) is 68.5 Å². The number of alkyl carbamates (subject to hydrolysis) is 1. The molecule has 1 aromatic rings. The molecule has 3 rings (SSSR count). The third-order valence-corrected chi connectivity index (χ3v) is 8.24. The van der Waals surface area contributed by atoms with E-state index in [0.717, 1.165) is 31.4 Å². The molecule has 0 spiro atoms. The van der Waals surface area contributed by atoms with Crippen molar-refractivity contribution in [3.8, 4) is 0 Å². The highest BCUT2D eigenvalue weighted by Crippen LogP contribution is 2.40. The molecule has 214 valence electrons. The first-order valence-corrected chi connectivity index (χ1v) is 14.3. The maximum absolute atomic E-state index is 14.4. The van der Waals surface area contributed by atoms with Gasteiger partial charge < -0.3 is 30.7 Å². The first kappa shape index (κ1) is 30.2. The zero-order chi connectivity index (χ0) is 27.5. The third-order valence-electron chi connectivity index (χ3n) is 8.24. The van der Waals surface area contributed by atoms with E-state index in [4.69, 9.17) is 0 Å². The Hall–Kier alpha value is -2.39. The molecule has 2 aliphatic rings. The van der Waals surface area contributed by atoms with Gasteiger partial charge in [-0.3, -0.25) is 0 Å². The number of rotatable bonds is 11. The average Bonchev–Trinajstić information content (AvgIpc) is 2.91. The van der Waals surface area contributed by atoms with Crippen LogP contribution in [0.1, 0.15) is 75.3 Å². The number of halogens is 1. The number of amides is 3. The minimum absolute atomic E-state index is 0.0603. The van der Waals surface area contributed by atoms with Gasteiger partial charge >= 0.3 is 12.1 Å². The minimum atomic E-state index is -1.34. The largest absolute Gasteiger partial charge is 0.453 e. The molecule has 38 heavy (non-hydrogen) atoms. The van der Waals surface area contributed by atoms with Gasteiger partial charge in [-0.25, -0.2) is 14.0 Å². The monoisotopic (exact) mass is 534 g/mol. The Kier molecular flexibility index (Phi) is 11.6. The Bertz CT molecular complexity index is 890. The molecule has 0 radical (unpaired) electrons. The molecule has 1 saturated heterocycles. The van der Waals surface area contributed by atoms with Crippen molar-refractivity contribution in [3.63, 3.8) is 0 Å². The summed E-state index contributed by atoms with van der Waals surface area (Å²) in [5.74, 6) is -0.00651. The van der Waals surface area contributed by atoms with Crippen LogP contribution in [0.2, 0.25) is 0 Å². The van der Waals surface area contributed by atoms with Gasteiger partial charge in [0, 0.05) is 38.1 Å². The van der Waals surface area contributed by atoms with E-state index >= 15 is 0 Å². The van der Waals surface area contributed by atoms with Gasteiger partial charge in [0.05, 0.1) is 12.7 Å². The van der Waals surface area contributed by atoms with E-state index in [-0.39, 0.29) is 18.0 Å². The van der Waals surface area contributed by atoms with Crippen molar-refractivity contribution < 1.29 is 23.8 Å². The SMILES string of the molecule is CNCC(CC1CCCCC1)NC(=O)N1CCCC(C(O)(CCCNC(=O)OC)c2cc(C)cc(F)c2)C1. The number of carbonyl (C=O) groups is 2. The van der Waals surface area contributed by atoms with Crippen molar-refractivity contribution >= 4 is 12.1 Å². The molecular weight excluding hydrogens is 487 g/mol. The molecular formula is C29H47FN4O4. The fraction of sp³-hybridized carbons (Fsp3) is 0.724. The quantitative estimate of drug-likeness (QED) is 0.315. The van der Waals surface area contributed by atoms with E-state index in [1.807, 2.05) is 18.0 Å². The fourth-order valence-corrected chi connectivity index (χ4v) is 6.27. The normalized spacial score (nSPS) is 20.9. The van der Waals surface area contributed by atoms with Crippen LogP contribution < -0.4 is 16.0 Å². The van der Waals surface area contributed by atoms with E-state index < -0.39 is 17.5 Å². The lowest BCUT2D eigenvalue weighted by molar-refractivity contribution is -0.0555. The molecule has 8 nitrogen and oxygen atoms in total. The lowest BCUT2D eigenvalue weighted by atomic mass is 9.74. The first-order valence-electron chi connectivity index (χ1n) is 14.3. The molecule has 0 aromatic heterocycles. The molecule has 3 unspecified atom stereocenters. The summed E-state index contributed by atoms with van der Waals surface area (Å²) in [6.07, 6.45) is 9.04. The van der Waals surface area contributed by atoms with Crippen LogP contribution in [0.15, 0.2) is 18.2 Å². The number of likely N-dealkylation sites (N-methyl/N-ethyl adjacent to an activating group) is 1. The fourth-order valence-electron chi connectivity index (χ4n) is 6.27. The number of nitrogens with one attached hydrogen (secondary N) is 3. The minimum Gasteiger partial charge on any atom is -0.453 e. The van der Waals surface area contributed by atoms with Gasteiger partial charge in [0.15, 0.2) is 0 Å². The summed E-state index contributed by atoms with van der Waals surface area (Å²) in [5, 5.41) is 21.2. The number of likely N-dealkylation sites (tertiary alicyclic amines) is 1. The van der Waals surface area contributed by atoms with Gasteiger partial charge in [-0.2, -0.15) is 0 Å². The number of piperidine rings is 1. The maximum Gasteiger partial charge on any atom is 0.406 e. The zero-order valence-electron chi connectivity index (χ0n) is 23.4. The van der Waals surface area contributed by atoms with Crippen LogP contribution in [0.4, 0.5) is 14.0 Å². The van der Waals surface area contributed by atoms with Crippen molar-refractivity contribution in [1.29, 1.82) is 0 Å². The molecule has 1 aliphatic heterocycles. The molecule has 2 fully saturated rings. The van der Waals surface area contributed by atoms with Gasteiger partial charge in [0.2, 0.25) is 0 Å². The van der Waals surface area contributed by atoms with Gasteiger partial charge in [0.25, 0.3) is 0 Å². The van der Waals surface area contributed by atoms with Gasteiger partial charge in [-0.1, -0.05) is 38.2 Å². The van der Waals surface area contributed by atoms with Crippen LogP contribution >= 0.6 is 0 Å². The molecule has 3 amide bonds. The highest BCUT2D eigenvalue weighted by molar-refractivity contribution is 5.74. The van der Waals surface area contributed by atoms with Gasteiger partial charge in [0.1, 0.15) is 5.82 Å². The number of carbonyl (C=O) groups excluding carboxylic acids is 2. The number of aliphatic hydroxyl groups is 1. The summed E-state index contributed by atoms with van der Waals surface area (Å²) in [4.78, 5) is 26.7. The standard InChI is InChI=1S/C29H47FN4O4/c1-21-15-24(18-25(30)16-21)29(37,12-8-13-32-28(36)38-3)23-11-7-14-34(20-23)27(35)33-26(19-31-2)17-22-9-5-4-6-10-22/h15-16,18,22-23,26,31,37H,4-14,17,19-20H2,1-3H3,(H,32,36)(H,33,35). The molecule has 1 aliphatic carbocycles. The Morgan fingerprint density at radius 1 is 1.18 bits per heavy atom. The number of urea groups is 1. The van der Waals surface area contributed by atoms with E-state index in [0.29, 0.717) is 44.0 Å². The summed E-state index contributed by atoms with van der Waals surface area (Å²) < 4.78 is 19.0. The van der Waals surface area contributed by atoms with E-state index in [2.05, 4.69) is 20.7 Å². The van der Waals surface area contributed by atoms with Crippen molar-refractivity contribution in [2.75, 3.05) is 40.3 Å². The Labute approximate surface area is 227 Å². The molecule has 0 bridgehead atoms.